The number of nitrogens with one attached hydrogen (secondary N) is 1. The van der Waals surface area contributed by atoms with Gasteiger partial charge >= 0.3 is 11.8 Å². The Morgan fingerprint density at radius 3 is 2.70 bits per heavy atom. The zero-order valence-electron chi connectivity index (χ0n) is 14.2. The van der Waals surface area contributed by atoms with Gasteiger partial charge in [-0.05, 0) is 30.3 Å². The van der Waals surface area contributed by atoms with Gasteiger partial charge in [0.25, 0.3) is 5.91 Å². The molecule has 1 aromatic heterocycles. The molecule has 0 spiro atoms. The standard InChI is InChI=1S/C18H16N4O5/c19-15(23)18(26)21-5-6-22-13(9-21)16(24)20-12-4-3-10(8-11(12)17(22)25)14-2-1-7-27-14/h1-4,7-8,13H,5-6,9H2,(H2,19,23)(H,20,24)/t13-/m1/s1. The molecule has 4 rings (SSSR count). The summed E-state index contributed by atoms with van der Waals surface area (Å²) in [6.07, 6.45) is 1.54. The summed E-state index contributed by atoms with van der Waals surface area (Å²) < 4.78 is 5.37. The zero-order valence-corrected chi connectivity index (χ0v) is 14.2. The van der Waals surface area contributed by atoms with Crippen LogP contribution in [0.15, 0.2) is 41.0 Å². The second kappa shape index (κ2) is 6.27. The Bertz CT molecular complexity index is 953. The van der Waals surface area contributed by atoms with E-state index in [1.807, 2.05) is 0 Å². The fourth-order valence-electron chi connectivity index (χ4n) is 3.39. The first-order valence-corrected chi connectivity index (χ1v) is 8.34. The fourth-order valence-corrected chi connectivity index (χ4v) is 3.39. The summed E-state index contributed by atoms with van der Waals surface area (Å²) in [7, 11) is 0. The van der Waals surface area contributed by atoms with Crippen molar-refractivity contribution in [3.05, 3.63) is 42.2 Å². The van der Waals surface area contributed by atoms with Crippen LogP contribution in [0.1, 0.15) is 10.4 Å². The molecule has 1 fully saturated rings. The molecule has 27 heavy (non-hydrogen) atoms. The van der Waals surface area contributed by atoms with Crippen LogP contribution >= 0.6 is 0 Å². The molecule has 0 aliphatic carbocycles. The van der Waals surface area contributed by atoms with Crippen molar-refractivity contribution in [3.8, 4) is 11.3 Å². The van der Waals surface area contributed by atoms with Crippen LogP contribution in [0, 0.1) is 0 Å². The predicted molar refractivity (Wildman–Crippen MR) is 93.4 cm³/mol. The second-order valence-electron chi connectivity index (χ2n) is 6.36. The van der Waals surface area contributed by atoms with E-state index in [9.17, 15) is 19.2 Å². The third-order valence-electron chi connectivity index (χ3n) is 4.76. The number of carbonyl (C=O) groups is 4. The van der Waals surface area contributed by atoms with E-state index in [-0.39, 0.29) is 25.5 Å². The Hall–Kier alpha value is -3.62. The minimum absolute atomic E-state index is 0.0849. The molecule has 2 aliphatic rings. The fraction of sp³-hybridized carbons (Fsp3) is 0.222. The van der Waals surface area contributed by atoms with Crippen LogP contribution in [0.3, 0.4) is 0 Å². The molecule has 3 N–H and O–H groups in total. The first-order chi connectivity index (χ1) is 13.0. The third-order valence-corrected chi connectivity index (χ3v) is 4.76. The van der Waals surface area contributed by atoms with Crippen molar-refractivity contribution in [1.29, 1.82) is 0 Å². The van der Waals surface area contributed by atoms with E-state index in [2.05, 4.69) is 5.32 Å². The van der Waals surface area contributed by atoms with Gasteiger partial charge in [0.2, 0.25) is 5.91 Å². The van der Waals surface area contributed by atoms with E-state index in [0.717, 1.165) is 0 Å². The molecule has 0 radical (unpaired) electrons. The van der Waals surface area contributed by atoms with E-state index < -0.39 is 23.8 Å². The average molecular weight is 368 g/mol. The maximum atomic E-state index is 13.1. The molecule has 0 bridgehead atoms. The van der Waals surface area contributed by atoms with Gasteiger partial charge in [-0.2, -0.15) is 0 Å². The molecule has 2 aliphatic heterocycles. The molecule has 4 amide bonds. The number of benzene rings is 1. The Morgan fingerprint density at radius 2 is 2.00 bits per heavy atom. The molecular formula is C18H16N4O5. The van der Waals surface area contributed by atoms with E-state index in [1.54, 1.807) is 30.3 Å². The summed E-state index contributed by atoms with van der Waals surface area (Å²) >= 11 is 0. The number of nitrogens with zero attached hydrogens (tertiary/aromatic N) is 2. The third kappa shape index (κ3) is 2.82. The number of rotatable bonds is 1. The maximum Gasteiger partial charge on any atom is 0.311 e. The quantitative estimate of drug-likeness (QED) is 0.687. The van der Waals surface area contributed by atoms with Gasteiger partial charge in [0.05, 0.1) is 24.1 Å². The first-order valence-electron chi connectivity index (χ1n) is 8.34. The molecule has 9 nitrogen and oxygen atoms in total. The molecule has 1 aromatic carbocycles. The summed E-state index contributed by atoms with van der Waals surface area (Å²) in [6, 6.07) is 7.69. The van der Waals surface area contributed by atoms with Crippen molar-refractivity contribution in [3.63, 3.8) is 0 Å². The Labute approximate surface area is 153 Å². The minimum Gasteiger partial charge on any atom is -0.464 e. The highest BCUT2D eigenvalue weighted by Gasteiger charge is 2.41. The van der Waals surface area contributed by atoms with Gasteiger partial charge in [0, 0.05) is 18.7 Å². The Kier molecular flexibility index (Phi) is 3.91. The largest absolute Gasteiger partial charge is 0.464 e. The molecule has 138 valence electrons. The van der Waals surface area contributed by atoms with E-state index >= 15 is 0 Å². The number of amides is 4. The molecule has 1 atom stereocenters. The molecule has 2 aromatic rings. The lowest BCUT2D eigenvalue weighted by molar-refractivity contribution is -0.146. The molecule has 1 saturated heterocycles. The monoisotopic (exact) mass is 368 g/mol. The van der Waals surface area contributed by atoms with Crippen LogP contribution in [0.2, 0.25) is 0 Å². The van der Waals surface area contributed by atoms with Crippen molar-refractivity contribution in [1.82, 2.24) is 9.80 Å². The van der Waals surface area contributed by atoms with Gasteiger partial charge in [-0.15, -0.1) is 0 Å². The summed E-state index contributed by atoms with van der Waals surface area (Å²) in [4.78, 5) is 51.3. The molecule has 0 unspecified atom stereocenters. The van der Waals surface area contributed by atoms with Gasteiger partial charge in [-0.25, -0.2) is 0 Å². The predicted octanol–water partition coefficient (Wildman–Crippen LogP) is 0.0370. The number of hydrogen-bond acceptors (Lipinski definition) is 5. The van der Waals surface area contributed by atoms with Gasteiger partial charge in [0.15, 0.2) is 0 Å². The number of nitrogens with two attached hydrogens (primary N) is 1. The lowest BCUT2D eigenvalue weighted by atomic mass is 10.1. The number of hydrogen-bond donors (Lipinski definition) is 2. The van der Waals surface area contributed by atoms with Crippen LogP contribution in [-0.2, 0) is 14.4 Å². The van der Waals surface area contributed by atoms with Gasteiger partial charge < -0.3 is 25.3 Å². The van der Waals surface area contributed by atoms with Crippen LogP contribution < -0.4 is 11.1 Å². The zero-order chi connectivity index (χ0) is 19.1. The summed E-state index contributed by atoms with van der Waals surface area (Å²) in [5.41, 5.74) is 6.48. The number of piperazine rings is 1. The lowest BCUT2D eigenvalue weighted by Gasteiger charge is -2.38. The van der Waals surface area contributed by atoms with E-state index in [0.29, 0.717) is 22.6 Å². The topological polar surface area (TPSA) is 126 Å². The van der Waals surface area contributed by atoms with Gasteiger partial charge in [0.1, 0.15) is 11.8 Å². The number of anilines is 1. The van der Waals surface area contributed by atoms with Crippen molar-refractivity contribution in [2.45, 2.75) is 6.04 Å². The number of primary amides is 1. The van der Waals surface area contributed by atoms with Crippen LogP contribution in [0.4, 0.5) is 5.69 Å². The van der Waals surface area contributed by atoms with Crippen LogP contribution in [0.25, 0.3) is 11.3 Å². The van der Waals surface area contributed by atoms with E-state index in [4.69, 9.17) is 10.2 Å². The molecular weight excluding hydrogens is 352 g/mol. The van der Waals surface area contributed by atoms with Crippen molar-refractivity contribution in [2.24, 2.45) is 5.73 Å². The Morgan fingerprint density at radius 1 is 1.19 bits per heavy atom. The number of fused-ring (bicyclic) bond motifs is 2. The average Bonchev–Trinajstić information content (AvgIpc) is 3.18. The molecule has 0 saturated carbocycles. The SMILES string of the molecule is NC(=O)C(=O)N1CCN2C(=O)c3cc(-c4ccco4)ccc3NC(=O)[C@H]2C1. The van der Waals surface area contributed by atoms with Crippen LogP contribution in [0.5, 0.6) is 0 Å². The summed E-state index contributed by atoms with van der Waals surface area (Å²) in [6.45, 7) is 0.170. The van der Waals surface area contributed by atoms with Gasteiger partial charge in [-0.1, -0.05) is 0 Å². The normalized spacial score (nSPS) is 19.0. The van der Waals surface area contributed by atoms with Crippen molar-refractivity contribution < 1.29 is 23.6 Å². The highest BCUT2D eigenvalue weighted by molar-refractivity contribution is 6.34. The summed E-state index contributed by atoms with van der Waals surface area (Å²) in [5, 5.41) is 2.73. The smallest absolute Gasteiger partial charge is 0.311 e. The summed E-state index contributed by atoms with van der Waals surface area (Å²) in [5.74, 6) is -2.09. The number of furan rings is 1. The first kappa shape index (κ1) is 16.8. The van der Waals surface area contributed by atoms with Gasteiger partial charge in [-0.3, -0.25) is 19.2 Å². The Balaban J connectivity index is 1.67. The van der Waals surface area contributed by atoms with Crippen molar-refractivity contribution in [2.75, 3.05) is 25.0 Å². The molecule has 3 heterocycles. The maximum absolute atomic E-state index is 13.1. The number of carbonyl (C=O) groups excluding carboxylic acids is 4. The highest BCUT2D eigenvalue weighted by Crippen LogP contribution is 2.30. The highest BCUT2D eigenvalue weighted by atomic mass is 16.3. The van der Waals surface area contributed by atoms with Crippen LogP contribution in [-0.4, -0.2) is 59.1 Å². The van der Waals surface area contributed by atoms with E-state index in [1.165, 1.54) is 16.1 Å². The lowest BCUT2D eigenvalue weighted by Crippen LogP contribution is -2.60. The second-order valence-corrected chi connectivity index (χ2v) is 6.36. The molecule has 9 heteroatoms. The minimum atomic E-state index is -1.09. The van der Waals surface area contributed by atoms with Crippen molar-refractivity contribution >= 4 is 29.3 Å².